The molecule has 0 fully saturated rings. The molecule has 0 aliphatic carbocycles. The van der Waals surface area contributed by atoms with Crippen molar-refractivity contribution < 1.29 is 4.74 Å². The summed E-state index contributed by atoms with van der Waals surface area (Å²) in [7, 11) is 1.89. The van der Waals surface area contributed by atoms with Crippen LogP contribution in [-0.2, 0) is 13.7 Å². The molecule has 0 aliphatic rings. The summed E-state index contributed by atoms with van der Waals surface area (Å²) in [4.78, 5) is 0. The third kappa shape index (κ3) is 2.68. The molecule has 5 heteroatoms. The van der Waals surface area contributed by atoms with E-state index in [1.807, 2.05) is 43.7 Å². The van der Waals surface area contributed by atoms with E-state index < -0.39 is 0 Å². The Bertz CT molecular complexity index is 534. The summed E-state index contributed by atoms with van der Waals surface area (Å²) in [5.41, 5.74) is 8.08. The normalized spacial score (nSPS) is 12.4. The van der Waals surface area contributed by atoms with Gasteiger partial charge in [-0.2, -0.15) is 0 Å². The molecular formula is C13H18N4O. The van der Waals surface area contributed by atoms with Crippen molar-refractivity contribution in [3.05, 3.63) is 41.5 Å². The van der Waals surface area contributed by atoms with Crippen molar-refractivity contribution in [1.29, 1.82) is 0 Å². The van der Waals surface area contributed by atoms with Crippen LogP contribution >= 0.6 is 0 Å². The Morgan fingerprint density at radius 3 is 2.83 bits per heavy atom. The second-order valence-electron chi connectivity index (χ2n) is 4.48. The number of hydrogen-bond donors (Lipinski definition) is 1. The lowest BCUT2D eigenvalue weighted by atomic mass is 10.1. The fraction of sp³-hybridized carbons (Fsp3) is 0.385. The van der Waals surface area contributed by atoms with E-state index in [1.165, 1.54) is 0 Å². The molecule has 18 heavy (non-hydrogen) atoms. The van der Waals surface area contributed by atoms with E-state index in [0.717, 1.165) is 22.7 Å². The summed E-state index contributed by atoms with van der Waals surface area (Å²) in [5, 5.41) is 7.80. The quantitative estimate of drug-likeness (QED) is 0.892. The minimum Gasteiger partial charge on any atom is -0.485 e. The van der Waals surface area contributed by atoms with Crippen LogP contribution in [-0.4, -0.2) is 14.8 Å². The van der Waals surface area contributed by atoms with Crippen molar-refractivity contribution in [3.63, 3.8) is 0 Å². The number of ether oxygens (including phenoxy) is 1. The smallest absolute Gasteiger partial charge is 0.170 e. The fourth-order valence-electron chi connectivity index (χ4n) is 1.72. The van der Waals surface area contributed by atoms with E-state index in [9.17, 15) is 0 Å². The molecule has 0 radical (unpaired) electrons. The van der Waals surface area contributed by atoms with Crippen molar-refractivity contribution in [2.75, 3.05) is 0 Å². The summed E-state index contributed by atoms with van der Waals surface area (Å²) < 4.78 is 7.64. The molecule has 0 unspecified atom stereocenters. The highest BCUT2D eigenvalue weighted by atomic mass is 16.5. The second kappa shape index (κ2) is 5.18. The maximum Gasteiger partial charge on any atom is 0.170 e. The van der Waals surface area contributed by atoms with Crippen LogP contribution in [0, 0.1) is 6.92 Å². The molecule has 2 aromatic rings. The largest absolute Gasteiger partial charge is 0.485 e. The van der Waals surface area contributed by atoms with Crippen molar-refractivity contribution in [1.82, 2.24) is 14.8 Å². The Morgan fingerprint density at radius 2 is 2.22 bits per heavy atom. The van der Waals surface area contributed by atoms with Gasteiger partial charge < -0.3 is 15.0 Å². The van der Waals surface area contributed by atoms with Gasteiger partial charge in [-0.05, 0) is 25.5 Å². The van der Waals surface area contributed by atoms with Gasteiger partial charge in [0.15, 0.2) is 5.82 Å². The number of benzene rings is 1. The maximum absolute atomic E-state index is 5.93. The lowest BCUT2D eigenvalue weighted by Crippen LogP contribution is -2.09. The predicted molar refractivity (Wildman–Crippen MR) is 69.1 cm³/mol. The molecule has 1 heterocycles. The van der Waals surface area contributed by atoms with Gasteiger partial charge >= 0.3 is 0 Å². The Hall–Kier alpha value is -1.88. The third-order valence-electron chi connectivity index (χ3n) is 2.82. The average Bonchev–Trinajstić information content (AvgIpc) is 2.72. The molecule has 0 saturated heterocycles. The first-order valence-electron chi connectivity index (χ1n) is 5.89. The molecule has 0 saturated carbocycles. The lowest BCUT2D eigenvalue weighted by molar-refractivity contribution is 0.287. The number of aromatic nitrogens is 3. The molecular weight excluding hydrogens is 228 g/mol. The second-order valence-corrected chi connectivity index (χ2v) is 4.48. The molecule has 0 aliphatic heterocycles. The van der Waals surface area contributed by atoms with Gasteiger partial charge in [-0.3, -0.25) is 0 Å². The van der Waals surface area contributed by atoms with Crippen LogP contribution in [0.15, 0.2) is 24.5 Å². The molecule has 1 aromatic carbocycles. The van der Waals surface area contributed by atoms with Crippen LogP contribution in [0.4, 0.5) is 0 Å². The molecule has 96 valence electrons. The van der Waals surface area contributed by atoms with Gasteiger partial charge in [0.2, 0.25) is 0 Å². The van der Waals surface area contributed by atoms with E-state index in [4.69, 9.17) is 10.5 Å². The summed E-state index contributed by atoms with van der Waals surface area (Å²) >= 11 is 0. The highest BCUT2D eigenvalue weighted by Gasteiger charge is 2.10. The first kappa shape index (κ1) is 12.6. The first-order chi connectivity index (χ1) is 8.58. The zero-order valence-electron chi connectivity index (χ0n) is 10.9. The van der Waals surface area contributed by atoms with E-state index in [2.05, 4.69) is 10.2 Å². The molecule has 1 atom stereocenters. The maximum atomic E-state index is 5.93. The summed E-state index contributed by atoms with van der Waals surface area (Å²) in [6.45, 7) is 4.36. The van der Waals surface area contributed by atoms with Gasteiger partial charge in [0.05, 0.1) is 0 Å². The van der Waals surface area contributed by atoms with E-state index in [1.54, 1.807) is 6.33 Å². The van der Waals surface area contributed by atoms with Crippen LogP contribution in [0.25, 0.3) is 0 Å². The summed E-state index contributed by atoms with van der Waals surface area (Å²) in [6.07, 6.45) is 1.65. The highest BCUT2D eigenvalue weighted by molar-refractivity contribution is 5.38. The van der Waals surface area contributed by atoms with E-state index >= 15 is 0 Å². The minimum absolute atomic E-state index is 0.0555. The SMILES string of the molecule is Cc1ccc([C@@H](C)N)c(OCc2nncn2C)c1. The number of rotatable bonds is 4. The van der Waals surface area contributed by atoms with Gasteiger partial charge in [-0.15, -0.1) is 10.2 Å². The molecule has 0 bridgehead atoms. The zero-order chi connectivity index (χ0) is 13.1. The predicted octanol–water partition coefficient (Wildman–Crippen LogP) is 1.72. The fourth-order valence-corrected chi connectivity index (χ4v) is 1.72. The number of nitrogens with two attached hydrogens (primary N) is 1. The van der Waals surface area contributed by atoms with Crippen LogP contribution in [0.1, 0.15) is 29.9 Å². The number of nitrogens with zero attached hydrogens (tertiary/aromatic N) is 3. The van der Waals surface area contributed by atoms with Gasteiger partial charge in [0.1, 0.15) is 18.7 Å². The first-order valence-corrected chi connectivity index (χ1v) is 5.89. The van der Waals surface area contributed by atoms with Gasteiger partial charge in [-0.25, -0.2) is 0 Å². The van der Waals surface area contributed by atoms with Crippen LogP contribution < -0.4 is 10.5 Å². The third-order valence-corrected chi connectivity index (χ3v) is 2.82. The molecule has 2 N–H and O–H groups in total. The molecule has 0 spiro atoms. The topological polar surface area (TPSA) is 66.0 Å². The Morgan fingerprint density at radius 1 is 1.44 bits per heavy atom. The highest BCUT2D eigenvalue weighted by Crippen LogP contribution is 2.25. The number of aryl methyl sites for hydroxylation is 2. The lowest BCUT2D eigenvalue weighted by Gasteiger charge is -2.14. The summed E-state index contributed by atoms with van der Waals surface area (Å²) in [6, 6.07) is 5.98. The monoisotopic (exact) mass is 246 g/mol. The van der Waals surface area contributed by atoms with Crippen molar-refractivity contribution in [2.24, 2.45) is 12.8 Å². The summed E-state index contributed by atoms with van der Waals surface area (Å²) in [5.74, 6) is 1.60. The van der Waals surface area contributed by atoms with Gasteiger partial charge in [-0.1, -0.05) is 12.1 Å². The molecule has 2 rings (SSSR count). The van der Waals surface area contributed by atoms with Crippen LogP contribution in [0.3, 0.4) is 0 Å². The Kier molecular flexibility index (Phi) is 3.62. The van der Waals surface area contributed by atoms with Crippen molar-refractivity contribution in [2.45, 2.75) is 26.5 Å². The van der Waals surface area contributed by atoms with Crippen LogP contribution in [0.2, 0.25) is 0 Å². The minimum atomic E-state index is -0.0555. The van der Waals surface area contributed by atoms with E-state index in [-0.39, 0.29) is 6.04 Å². The Labute approximate surface area is 107 Å². The van der Waals surface area contributed by atoms with E-state index in [0.29, 0.717) is 6.61 Å². The van der Waals surface area contributed by atoms with Gasteiger partial charge in [0, 0.05) is 18.7 Å². The molecule has 0 amide bonds. The molecule has 5 nitrogen and oxygen atoms in total. The van der Waals surface area contributed by atoms with Crippen LogP contribution in [0.5, 0.6) is 5.75 Å². The average molecular weight is 246 g/mol. The Balaban J connectivity index is 2.18. The molecule has 1 aromatic heterocycles. The van der Waals surface area contributed by atoms with Crippen molar-refractivity contribution >= 4 is 0 Å². The standard InChI is InChI=1S/C13H18N4O/c1-9-4-5-11(10(2)14)12(6-9)18-7-13-16-15-8-17(13)3/h4-6,8,10H,7,14H2,1-3H3/t10-/m1/s1. The number of hydrogen-bond acceptors (Lipinski definition) is 4. The van der Waals surface area contributed by atoms with Crippen molar-refractivity contribution in [3.8, 4) is 5.75 Å². The van der Waals surface area contributed by atoms with Gasteiger partial charge in [0.25, 0.3) is 0 Å². The zero-order valence-corrected chi connectivity index (χ0v) is 10.9.